The smallest absolute Gasteiger partial charge is 0.189 e. The van der Waals surface area contributed by atoms with Gasteiger partial charge in [-0.3, -0.25) is 0 Å². The quantitative estimate of drug-likeness (QED) is 0.177. The molecule has 7 aromatic carbocycles. The maximum absolute atomic E-state index is 7.83. The fourth-order valence-corrected chi connectivity index (χ4v) is 7.20. The van der Waals surface area contributed by atoms with Crippen molar-refractivity contribution in [1.29, 1.82) is 0 Å². The molecule has 0 spiro atoms. The van der Waals surface area contributed by atoms with E-state index in [1.54, 1.807) is 0 Å². The number of hydrogen-bond acceptors (Lipinski definition) is 0. The lowest BCUT2D eigenvalue weighted by Gasteiger charge is -2.16. The molecule has 9 rings (SSSR count). The highest BCUT2D eigenvalue weighted by atomic mass is 15.0. The van der Waals surface area contributed by atoms with Gasteiger partial charge in [-0.15, -0.1) is 0 Å². The number of para-hydroxylation sites is 3. The third-order valence-corrected chi connectivity index (χ3v) is 9.33. The summed E-state index contributed by atoms with van der Waals surface area (Å²) in [6.07, 6.45) is 0. The molecule has 0 aliphatic heterocycles. The summed E-state index contributed by atoms with van der Waals surface area (Å²) >= 11 is 0. The Bertz CT molecular complexity index is 2760. The molecule has 48 heavy (non-hydrogen) atoms. The summed E-state index contributed by atoms with van der Waals surface area (Å²) in [6.45, 7) is 15.4. The van der Waals surface area contributed by atoms with Gasteiger partial charge in [0.25, 0.3) is 0 Å². The Hall–Kier alpha value is -6.88. The zero-order valence-electron chi connectivity index (χ0n) is 25.8. The molecule has 4 nitrogen and oxygen atoms in total. The molecule has 2 heterocycles. The fourth-order valence-electron chi connectivity index (χ4n) is 7.20. The van der Waals surface area contributed by atoms with Crippen LogP contribution in [0.2, 0.25) is 0 Å². The van der Waals surface area contributed by atoms with E-state index in [9.17, 15) is 0 Å². The molecule has 0 radical (unpaired) electrons. The van der Waals surface area contributed by atoms with Crippen molar-refractivity contribution in [2.75, 3.05) is 0 Å². The highest BCUT2D eigenvalue weighted by molar-refractivity contribution is 6.11. The van der Waals surface area contributed by atoms with Crippen LogP contribution in [0.3, 0.4) is 0 Å². The zero-order chi connectivity index (χ0) is 32.2. The molecule has 0 amide bonds. The molecule has 0 saturated carbocycles. The van der Waals surface area contributed by atoms with Crippen LogP contribution >= 0.6 is 0 Å². The molecule has 9 aromatic rings. The van der Waals surface area contributed by atoms with E-state index in [1.165, 1.54) is 21.8 Å². The molecule has 0 unspecified atom stereocenters. The van der Waals surface area contributed by atoms with Crippen LogP contribution in [0.5, 0.6) is 0 Å². The van der Waals surface area contributed by atoms with Gasteiger partial charge < -0.3 is 9.13 Å². The normalized spacial score (nSPS) is 11.3. The van der Waals surface area contributed by atoms with Gasteiger partial charge in [0.1, 0.15) is 0 Å². The molecular formula is C44H26N4. The largest absolute Gasteiger partial charge is 0.310 e. The number of fused-ring (bicyclic) bond motifs is 6. The van der Waals surface area contributed by atoms with Gasteiger partial charge in [0.15, 0.2) is 11.4 Å². The Balaban J connectivity index is 1.22. The lowest BCUT2D eigenvalue weighted by molar-refractivity contribution is 1.18. The molecular weight excluding hydrogens is 585 g/mol. The average molecular weight is 611 g/mol. The van der Waals surface area contributed by atoms with Crippen molar-refractivity contribution in [2.24, 2.45) is 0 Å². The first kappa shape index (κ1) is 27.4. The van der Waals surface area contributed by atoms with Gasteiger partial charge in [-0.2, -0.15) is 0 Å². The van der Waals surface area contributed by atoms with Crippen LogP contribution < -0.4 is 0 Å². The molecule has 0 N–H and O–H groups in total. The number of hydrogen-bond donors (Lipinski definition) is 0. The summed E-state index contributed by atoms with van der Waals surface area (Å²) < 4.78 is 4.58. The SMILES string of the molecule is [C-]#[N+]c1ccc(-c2cccc(-c3cccc(-n4c5ccccc5c5ccccc54)c3)c2)c(-n2c3ccccc3c3cc([N+]#[C-])ccc32)c1. The molecule has 2 aromatic heterocycles. The van der Waals surface area contributed by atoms with Crippen molar-refractivity contribution >= 4 is 55.0 Å². The topological polar surface area (TPSA) is 18.6 Å². The minimum Gasteiger partial charge on any atom is -0.310 e. The first-order valence-electron chi connectivity index (χ1n) is 15.8. The van der Waals surface area contributed by atoms with Gasteiger partial charge in [-0.1, -0.05) is 103 Å². The van der Waals surface area contributed by atoms with Crippen molar-refractivity contribution in [1.82, 2.24) is 9.13 Å². The maximum atomic E-state index is 7.83. The molecule has 4 heteroatoms. The summed E-state index contributed by atoms with van der Waals surface area (Å²) in [6, 6.07) is 54.6. The summed E-state index contributed by atoms with van der Waals surface area (Å²) in [5.41, 5.74) is 12.0. The van der Waals surface area contributed by atoms with Crippen LogP contribution in [-0.2, 0) is 0 Å². The second-order valence-corrected chi connectivity index (χ2v) is 12.0. The van der Waals surface area contributed by atoms with E-state index in [1.807, 2.05) is 42.5 Å². The molecule has 0 atom stereocenters. The number of nitrogens with zero attached hydrogens (tertiary/aromatic N) is 4. The summed E-state index contributed by atoms with van der Waals surface area (Å²) in [5.74, 6) is 0. The van der Waals surface area contributed by atoms with Gasteiger partial charge >= 0.3 is 0 Å². The molecule has 0 saturated heterocycles. The Morgan fingerprint density at radius 3 is 1.58 bits per heavy atom. The highest BCUT2D eigenvalue weighted by Crippen LogP contribution is 2.40. The van der Waals surface area contributed by atoms with E-state index in [4.69, 9.17) is 13.1 Å². The second kappa shape index (κ2) is 10.9. The molecule has 0 aliphatic carbocycles. The fraction of sp³-hybridized carbons (Fsp3) is 0. The molecule has 0 aliphatic rings. The third kappa shape index (κ3) is 4.22. The lowest BCUT2D eigenvalue weighted by Crippen LogP contribution is -1.97. The minimum absolute atomic E-state index is 0.576. The van der Waals surface area contributed by atoms with Crippen LogP contribution in [-0.4, -0.2) is 9.13 Å². The van der Waals surface area contributed by atoms with Crippen LogP contribution in [0.4, 0.5) is 11.4 Å². The second-order valence-electron chi connectivity index (χ2n) is 12.0. The van der Waals surface area contributed by atoms with Crippen LogP contribution in [0, 0.1) is 13.1 Å². The van der Waals surface area contributed by atoms with E-state index in [0.29, 0.717) is 11.4 Å². The minimum atomic E-state index is 0.576. The Labute approximate surface area is 277 Å². The number of benzene rings is 7. The van der Waals surface area contributed by atoms with Crippen LogP contribution in [0.25, 0.3) is 86.9 Å². The van der Waals surface area contributed by atoms with Crippen molar-refractivity contribution in [3.05, 3.63) is 181 Å². The monoisotopic (exact) mass is 610 g/mol. The lowest BCUT2D eigenvalue weighted by atomic mass is 9.97. The van der Waals surface area contributed by atoms with E-state index in [2.05, 4.69) is 134 Å². The molecule has 222 valence electrons. The van der Waals surface area contributed by atoms with Crippen LogP contribution in [0.15, 0.2) is 158 Å². The van der Waals surface area contributed by atoms with Crippen molar-refractivity contribution in [3.8, 4) is 33.6 Å². The predicted octanol–water partition coefficient (Wildman–Crippen LogP) is 12.3. The van der Waals surface area contributed by atoms with E-state index >= 15 is 0 Å². The van der Waals surface area contributed by atoms with E-state index in [-0.39, 0.29) is 0 Å². The van der Waals surface area contributed by atoms with Crippen LogP contribution in [0.1, 0.15) is 0 Å². The Morgan fingerprint density at radius 2 is 0.896 bits per heavy atom. The third-order valence-electron chi connectivity index (χ3n) is 9.33. The summed E-state index contributed by atoms with van der Waals surface area (Å²) in [4.78, 5) is 7.49. The van der Waals surface area contributed by atoms with E-state index < -0.39 is 0 Å². The predicted molar refractivity (Wildman–Crippen MR) is 199 cm³/mol. The number of aromatic nitrogens is 2. The number of rotatable bonds is 4. The van der Waals surface area contributed by atoms with Gasteiger partial charge in [0, 0.05) is 33.1 Å². The summed E-state index contributed by atoms with van der Waals surface area (Å²) in [7, 11) is 0. The Morgan fingerprint density at radius 1 is 0.375 bits per heavy atom. The first-order valence-corrected chi connectivity index (χ1v) is 15.8. The van der Waals surface area contributed by atoms with Gasteiger partial charge in [0.05, 0.1) is 35.2 Å². The zero-order valence-corrected chi connectivity index (χ0v) is 25.8. The molecule has 0 bridgehead atoms. The molecule has 0 fully saturated rings. The van der Waals surface area contributed by atoms with E-state index in [0.717, 1.165) is 55.4 Å². The van der Waals surface area contributed by atoms with Crippen molar-refractivity contribution in [2.45, 2.75) is 0 Å². The van der Waals surface area contributed by atoms with Crippen molar-refractivity contribution in [3.63, 3.8) is 0 Å². The maximum Gasteiger partial charge on any atom is 0.189 e. The first-order chi connectivity index (χ1) is 23.7. The average Bonchev–Trinajstić information content (AvgIpc) is 3.67. The summed E-state index contributed by atoms with van der Waals surface area (Å²) in [5, 5.41) is 4.58. The van der Waals surface area contributed by atoms with Gasteiger partial charge in [-0.05, 0) is 76.7 Å². The Kier molecular flexibility index (Phi) is 6.22. The standard InChI is InChI=1S/C44H26N4/c1-45-32-22-24-43-39(27-32)38-17-5-8-20-42(38)48(43)44-28-33(46-2)21-23-35(44)31-13-9-11-29(25-31)30-12-10-14-34(26-30)47-40-18-6-3-15-36(40)37-16-4-7-19-41(37)47/h3-28H. The van der Waals surface area contributed by atoms with Crippen molar-refractivity contribution < 1.29 is 0 Å². The van der Waals surface area contributed by atoms with Gasteiger partial charge in [0.2, 0.25) is 0 Å². The van der Waals surface area contributed by atoms with Gasteiger partial charge in [-0.25, -0.2) is 9.69 Å². The highest BCUT2D eigenvalue weighted by Gasteiger charge is 2.17.